The van der Waals surface area contributed by atoms with E-state index in [0.717, 1.165) is 11.4 Å². The van der Waals surface area contributed by atoms with Crippen molar-refractivity contribution >= 4 is 102 Å². The van der Waals surface area contributed by atoms with Gasteiger partial charge in [0, 0.05) is 51.7 Å². The van der Waals surface area contributed by atoms with Crippen molar-refractivity contribution in [2.75, 3.05) is 4.90 Å². The zero-order valence-corrected chi connectivity index (χ0v) is 27.0. The Balaban J connectivity index is 1.16. The van der Waals surface area contributed by atoms with Crippen molar-refractivity contribution in [1.29, 1.82) is 0 Å². The molecule has 0 saturated carbocycles. The zero-order valence-electron chi connectivity index (χ0n) is 25.4. The van der Waals surface area contributed by atoms with Crippen LogP contribution in [0, 0.1) is 0 Å². The normalized spacial score (nSPS) is 11.8. The van der Waals surface area contributed by atoms with Gasteiger partial charge in [0.25, 0.3) is 0 Å². The monoisotopic (exact) mass is 633 g/mol. The van der Waals surface area contributed by atoms with Gasteiger partial charge in [-0.1, -0.05) is 109 Å². The molecule has 1 nitrogen and oxygen atoms in total. The topological polar surface area (TPSA) is 3.24 Å². The Labute approximate surface area is 280 Å². The summed E-state index contributed by atoms with van der Waals surface area (Å²) in [6.45, 7) is 0. The van der Waals surface area contributed by atoms with E-state index in [1.54, 1.807) is 0 Å². The van der Waals surface area contributed by atoms with Crippen molar-refractivity contribution in [3.63, 3.8) is 0 Å². The lowest BCUT2D eigenvalue weighted by Crippen LogP contribution is -2.10. The smallest absolute Gasteiger partial charge is 0.0554 e. The Morgan fingerprint density at radius 3 is 1.79 bits per heavy atom. The highest BCUT2D eigenvalue weighted by atomic mass is 32.1. The highest BCUT2D eigenvalue weighted by molar-refractivity contribution is 7.26. The standard InChI is InChI=1S/C44H27NS2/c1-2-9-34-29(8-1)16-17-30-20-24-33(27-38(30)34)45(39-12-7-15-42-44(39)37-11-4-6-14-41(37)46-42)32-22-18-28(19-23-32)31-21-25-36-35-10-3-5-13-40(35)47-43(36)26-31/h1-27H. The first kappa shape index (κ1) is 26.7. The Morgan fingerprint density at radius 1 is 0.340 bits per heavy atom. The summed E-state index contributed by atoms with van der Waals surface area (Å²) >= 11 is 3.73. The average molecular weight is 634 g/mol. The van der Waals surface area contributed by atoms with E-state index in [2.05, 4.69) is 169 Å². The molecular formula is C44H27NS2. The number of nitrogens with zero attached hydrogens (tertiary/aromatic N) is 1. The summed E-state index contributed by atoms with van der Waals surface area (Å²) < 4.78 is 5.28. The largest absolute Gasteiger partial charge is 0.310 e. The lowest BCUT2D eigenvalue weighted by molar-refractivity contribution is 1.31. The fourth-order valence-electron chi connectivity index (χ4n) is 7.21. The first-order valence-electron chi connectivity index (χ1n) is 15.9. The maximum atomic E-state index is 2.45. The van der Waals surface area contributed by atoms with Crippen LogP contribution < -0.4 is 4.90 Å². The molecule has 0 radical (unpaired) electrons. The van der Waals surface area contributed by atoms with Crippen molar-refractivity contribution in [1.82, 2.24) is 0 Å². The van der Waals surface area contributed by atoms with Gasteiger partial charge in [0.1, 0.15) is 0 Å². The molecule has 0 unspecified atom stereocenters. The molecule has 0 aliphatic carbocycles. The minimum Gasteiger partial charge on any atom is -0.310 e. The molecule has 2 aromatic heterocycles. The van der Waals surface area contributed by atoms with Gasteiger partial charge in [-0.3, -0.25) is 0 Å². The summed E-state index contributed by atoms with van der Waals surface area (Å²) in [5.41, 5.74) is 5.94. The molecule has 10 aromatic rings. The lowest BCUT2D eigenvalue weighted by atomic mass is 10.00. The van der Waals surface area contributed by atoms with Crippen LogP contribution in [0.5, 0.6) is 0 Å². The lowest BCUT2D eigenvalue weighted by Gasteiger charge is -2.27. The van der Waals surface area contributed by atoms with E-state index in [-0.39, 0.29) is 0 Å². The highest BCUT2D eigenvalue weighted by Gasteiger charge is 2.19. The van der Waals surface area contributed by atoms with E-state index >= 15 is 0 Å². The van der Waals surface area contributed by atoms with Gasteiger partial charge in [-0.15, -0.1) is 22.7 Å². The Kier molecular flexibility index (Phi) is 5.98. The fourth-order valence-corrected chi connectivity index (χ4v) is 9.48. The summed E-state index contributed by atoms with van der Waals surface area (Å²) in [5.74, 6) is 0. The van der Waals surface area contributed by atoms with Gasteiger partial charge in [-0.05, 0) is 87.3 Å². The average Bonchev–Trinajstić information content (AvgIpc) is 3.70. The Morgan fingerprint density at radius 2 is 0.936 bits per heavy atom. The van der Waals surface area contributed by atoms with Crippen molar-refractivity contribution in [3.8, 4) is 11.1 Å². The number of anilines is 3. The minimum atomic E-state index is 1.14. The molecule has 0 bridgehead atoms. The number of hydrogen-bond acceptors (Lipinski definition) is 3. The van der Waals surface area contributed by atoms with Gasteiger partial charge in [0.2, 0.25) is 0 Å². The predicted molar refractivity (Wildman–Crippen MR) is 207 cm³/mol. The molecule has 220 valence electrons. The van der Waals surface area contributed by atoms with Crippen LogP contribution in [-0.2, 0) is 0 Å². The third kappa shape index (κ3) is 4.28. The summed E-state index contributed by atoms with van der Waals surface area (Å²) in [6, 6.07) is 60.3. The fraction of sp³-hybridized carbons (Fsp3) is 0. The first-order chi connectivity index (χ1) is 23.3. The third-order valence-corrected chi connectivity index (χ3v) is 11.7. The second-order valence-electron chi connectivity index (χ2n) is 12.1. The van der Waals surface area contributed by atoms with E-state index in [4.69, 9.17) is 0 Å². The molecule has 0 atom stereocenters. The number of rotatable bonds is 4. The van der Waals surface area contributed by atoms with E-state index in [1.807, 2.05) is 22.7 Å². The molecule has 10 rings (SSSR count). The number of thiophene rings is 2. The second-order valence-corrected chi connectivity index (χ2v) is 14.3. The second kappa shape index (κ2) is 10.5. The molecule has 8 aromatic carbocycles. The van der Waals surface area contributed by atoms with Crippen molar-refractivity contribution in [2.45, 2.75) is 0 Å². The van der Waals surface area contributed by atoms with E-state index < -0.39 is 0 Å². The summed E-state index contributed by atoms with van der Waals surface area (Å²) in [5, 5.41) is 10.3. The molecular weight excluding hydrogens is 607 g/mol. The molecule has 0 amide bonds. The van der Waals surface area contributed by atoms with E-state index in [1.165, 1.54) is 78.7 Å². The third-order valence-electron chi connectivity index (χ3n) is 9.45. The van der Waals surface area contributed by atoms with E-state index in [0.29, 0.717) is 0 Å². The molecule has 0 fully saturated rings. The van der Waals surface area contributed by atoms with Crippen molar-refractivity contribution < 1.29 is 0 Å². The van der Waals surface area contributed by atoms with Gasteiger partial charge >= 0.3 is 0 Å². The predicted octanol–water partition coefficient (Wildman–Crippen LogP) is 13.9. The van der Waals surface area contributed by atoms with Gasteiger partial charge in [0.05, 0.1) is 5.69 Å². The van der Waals surface area contributed by atoms with Gasteiger partial charge < -0.3 is 4.90 Å². The Bertz CT molecular complexity index is 2800. The molecule has 3 heteroatoms. The van der Waals surface area contributed by atoms with Crippen LogP contribution >= 0.6 is 22.7 Å². The van der Waals surface area contributed by atoms with Crippen LogP contribution in [-0.4, -0.2) is 0 Å². The molecule has 0 aliphatic rings. The van der Waals surface area contributed by atoms with Crippen molar-refractivity contribution in [3.05, 3.63) is 164 Å². The number of benzene rings is 8. The maximum Gasteiger partial charge on any atom is 0.0554 e. The maximum absolute atomic E-state index is 2.45. The van der Waals surface area contributed by atoms with Crippen LogP contribution in [0.4, 0.5) is 17.1 Å². The zero-order chi connectivity index (χ0) is 30.9. The number of fused-ring (bicyclic) bond motifs is 9. The molecule has 0 saturated heterocycles. The molecule has 47 heavy (non-hydrogen) atoms. The minimum absolute atomic E-state index is 1.14. The van der Waals surface area contributed by atoms with Crippen LogP contribution in [0.1, 0.15) is 0 Å². The first-order valence-corrected chi connectivity index (χ1v) is 17.6. The van der Waals surface area contributed by atoms with Gasteiger partial charge in [-0.25, -0.2) is 0 Å². The van der Waals surface area contributed by atoms with Gasteiger partial charge in [0.15, 0.2) is 0 Å². The summed E-state index contributed by atoms with van der Waals surface area (Å²) in [7, 11) is 0. The quantitative estimate of drug-likeness (QED) is 0.174. The molecule has 0 spiro atoms. The van der Waals surface area contributed by atoms with Crippen LogP contribution in [0.2, 0.25) is 0 Å². The number of hydrogen-bond donors (Lipinski definition) is 0. The van der Waals surface area contributed by atoms with Gasteiger partial charge in [-0.2, -0.15) is 0 Å². The SMILES string of the molecule is c1ccc2c(c1)ccc1ccc(N(c3ccc(-c4ccc5c(c4)sc4ccccc45)cc3)c3cccc4sc5ccccc5c34)cc12. The van der Waals surface area contributed by atoms with Crippen LogP contribution in [0.15, 0.2) is 164 Å². The molecule has 0 N–H and O–H groups in total. The molecule has 2 heterocycles. The summed E-state index contributed by atoms with van der Waals surface area (Å²) in [4.78, 5) is 2.45. The summed E-state index contributed by atoms with van der Waals surface area (Å²) in [6.07, 6.45) is 0. The van der Waals surface area contributed by atoms with Crippen LogP contribution in [0.25, 0.3) is 73.0 Å². The van der Waals surface area contributed by atoms with Crippen molar-refractivity contribution in [2.24, 2.45) is 0 Å². The van der Waals surface area contributed by atoms with E-state index in [9.17, 15) is 0 Å². The van der Waals surface area contributed by atoms with Crippen LogP contribution in [0.3, 0.4) is 0 Å². The highest BCUT2D eigenvalue weighted by Crippen LogP contribution is 2.46. The molecule has 0 aliphatic heterocycles. The Hall–Kier alpha value is -5.48.